The summed E-state index contributed by atoms with van der Waals surface area (Å²) in [6, 6.07) is 13.9. The van der Waals surface area contributed by atoms with E-state index in [-0.39, 0.29) is 5.78 Å². The lowest BCUT2D eigenvalue weighted by Gasteiger charge is -2.28. The lowest BCUT2D eigenvalue weighted by atomic mass is 10.0. The minimum absolute atomic E-state index is 0.0482. The summed E-state index contributed by atoms with van der Waals surface area (Å²) in [6.45, 7) is 1.92. The summed E-state index contributed by atoms with van der Waals surface area (Å²) >= 11 is 0. The van der Waals surface area contributed by atoms with Gasteiger partial charge in [0.15, 0.2) is 5.78 Å². The van der Waals surface area contributed by atoms with Crippen molar-refractivity contribution in [1.82, 2.24) is 10.2 Å². The maximum atomic E-state index is 12.4. The van der Waals surface area contributed by atoms with Crippen LogP contribution in [0.15, 0.2) is 54.4 Å². The molecular weight excluding hydrogens is 248 g/mol. The number of rotatable bonds is 2. The predicted molar refractivity (Wildman–Crippen MR) is 81.6 cm³/mol. The number of hydrogen-bond acceptors (Lipinski definition) is 3. The topological polar surface area (TPSA) is 32.3 Å². The Labute approximate surface area is 118 Å². The van der Waals surface area contributed by atoms with Gasteiger partial charge in [-0.2, -0.15) is 0 Å². The number of fused-ring (bicyclic) bond motifs is 1. The molecule has 0 spiro atoms. The number of carbonyl (C=O) groups is 1. The van der Waals surface area contributed by atoms with E-state index in [0.717, 1.165) is 41.7 Å². The molecule has 2 aromatic carbocycles. The zero-order chi connectivity index (χ0) is 13.9. The molecular formula is C17H18N2O. The second-order valence-electron chi connectivity index (χ2n) is 5.16. The molecule has 0 aliphatic carbocycles. The van der Waals surface area contributed by atoms with Gasteiger partial charge >= 0.3 is 0 Å². The van der Waals surface area contributed by atoms with Crippen molar-refractivity contribution in [3.05, 3.63) is 59.9 Å². The molecule has 1 aliphatic rings. The van der Waals surface area contributed by atoms with Crippen LogP contribution in [0, 0.1) is 0 Å². The van der Waals surface area contributed by atoms with Crippen molar-refractivity contribution < 1.29 is 4.79 Å². The fourth-order valence-corrected chi connectivity index (χ4v) is 2.50. The van der Waals surface area contributed by atoms with E-state index in [1.54, 1.807) is 6.08 Å². The first-order valence-electron chi connectivity index (χ1n) is 6.94. The van der Waals surface area contributed by atoms with Crippen molar-refractivity contribution in [2.75, 3.05) is 20.1 Å². The quantitative estimate of drug-likeness (QED) is 0.670. The Morgan fingerprint density at radius 2 is 2.00 bits per heavy atom. The molecule has 1 saturated heterocycles. The van der Waals surface area contributed by atoms with E-state index in [1.807, 2.05) is 43.4 Å². The van der Waals surface area contributed by atoms with E-state index in [2.05, 4.69) is 16.3 Å². The lowest BCUT2D eigenvalue weighted by molar-refractivity contribution is 0.104. The van der Waals surface area contributed by atoms with Gasteiger partial charge in [-0.3, -0.25) is 4.79 Å². The van der Waals surface area contributed by atoms with Crippen LogP contribution in [0.25, 0.3) is 10.8 Å². The Kier molecular flexibility index (Phi) is 3.42. The highest BCUT2D eigenvalue weighted by atomic mass is 16.1. The summed E-state index contributed by atoms with van der Waals surface area (Å²) in [5.41, 5.74) is 0.733. The number of benzene rings is 2. The van der Waals surface area contributed by atoms with Crippen molar-refractivity contribution >= 4 is 16.6 Å². The third kappa shape index (κ3) is 2.52. The first-order valence-corrected chi connectivity index (χ1v) is 6.94. The third-order valence-corrected chi connectivity index (χ3v) is 3.69. The fourth-order valence-electron chi connectivity index (χ4n) is 2.50. The number of nitrogens with zero attached hydrogens (tertiary/aromatic N) is 1. The second kappa shape index (κ2) is 5.37. The molecule has 0 unspecified atom stereocenters. The monoisotopic (exact) mass is 266 g/mol. The molecule has 1 fully saturated rings. The van der Waals surface area contributed by atoms with Gasteiger partial charge in [0, 0.05) is 31.8 Å². The van der Waals surface area contributed by atoms with Crippen LogP contribution in [-0.2, 0) is 0 Å². The van der Waals surface area contributed by atoms with Gasteiger partial charge in [-0.15, -0.1) is 0 Å². The number of hydrogen-bond donors (Lipinski definition) is 1. The predicted octanol–water partition coefficient (Wildman–Crippen LogP) is 2.79. The first kappa shape index (κ1) is 12.7. The molecule has 3 nitrogen and oxygen atoms in total. The fraction of sp³-hybridized carbons (Fsp3) is 0.235. The van der Waals surface area contributed by atoms with Crippen LogP contribution in [-0.4, -0.2) is 30.8 Å². The summed E-state index contributed by atoms with van der Waals surface area (Å²) in [5, 5.41) is 5.53. The normalized spacial score (nSPS) is 17.2. The van der Waals surface area contributed by atoms with Crippen LogP contribution in [0.3, 0.4) is 0 Å². The molecule has 0 aromatic heterocycles. The average molecular weight is 266 g/mol. The van der Waals surface area contributed by atoms with Crippen LogP contribution in [0.2, 0.25) is 0 Å². The Bertz CT molecular complexity index is 675. The van der Waals surface area contributed by atoms with E-state index in [0.29, 0.717) is 0 Å². The van der Waals surface area contributed by atoms with Gasteiger partial charge < -0.3 is 10.2 Å². The van der Waals surface area contributed by atoms with Crippen molar-refractivity contribution in [2.45, 2.75) is 6.42 Å². The average Bonchev–Trinajstić information content (AvgIpc) is 2.49. The Morgan fingerprint density at radius 1 is 1.20 bits per heavy atom. The molecule has 1 N–H and O–H groups in total. The van der Waals surface area contributed by atoms with E-state index < -0.39 is 0 Å². The Morgan fingerprint density at radius 3 is 2.80 bits per heavy atom. The second-order valence-corrected chi connectivity index (χ2v) is 5.16. The minimum atomic E-state index is 0.0482. The SMILES string of the molecule is CN1CCCN/C1=C\C(=O)c1ccc2ccccc2c1. The van der Waals surface area contributed by atoms with E-state index in [9.17, 15) is 4.79 Å². The van der Waals surface area contributed by atoms with Crippen LogP contribution >= 0.6 is 0 Å². The summed E-state index contributed by atoms with van der Waals surface area (Å²) in [5.74, 6) is 0.960. The Balaban J connectivity index is 1.90. The van der Waals surface area contributed by atoms with Crippen molar-refractivity contribution in [2.24, 2.45) is 0 Å². The van der Waals surface area contributed by atoms with Crippen LogP contribution < -0.4 is 5.32 Å². The molecule has 1 aliphatic heterocycles. The van der Waals surface area contributed by atoms with Crippen LogP contribution in [0.5, 0.6) is 0 Å². The van der Waals surface area contributed by atoms with Crippen LogP contribution in [0.1, 0.15) is 16.8 Å². The number of ketones is 1. The van der Waals surface area contributed by atoms with Gasteiger partial charge in [0.25, 0.3) is 0 Å². The highest BCUT2D eigenvalue weighted by Gasteiger charge is 2.12. The molecule has 102 valence electrons. The summed E-state index contributed by atoms with van der Waals surface area (Å²) in [7, 11) is 2.01. The van der Waals surface area contributed by atoms with Crippen LogP contribution in [0.4, 0.5) is 0 Å². The largest absolute Gasteiger partial charge is 0.372 e. The maximum Gasteiger partial charge on any atom is 0.189 e. The van der Waals surface area contributed by atoms with Gasteiger partial charge in [-0.05, 0) is 23.3 Å². The molecule has 0 radical (unpaired) electrons. The highest BCUT2D eigenvalue weighted by molar-refractivity contribution is 6.07. The van der Waals surface area contributed by atoms with E-state index in [4.69, 9.17) is 0 Å². The molecule has 1 heterocycles. The highest BCUT2D eigenvalue weighted by Crippen LogP contribution is 2.17. The standard InChI is InChI=1S/C17H18N2O/c1-19-10-4-9-18-17(19)12-16(20)15-8-7-13-5-2-3-6-14(13)11-15/h2-3,5-8,11-12,18H,4,9-10H2,1H3/b17-12+. The lowest BCUT2D eigenvalue weighted by Crippen LogP contribution is -2.37. The number of allylic oxidation sites excluding steroid dienone is 1. The van der Waals surface area contributed by atoms with Gasteiger partial charge in [0.05, 0.1) is 0 Å². The van der Waals surface area contributed by atoms with Gasteiger partial charge in [-0.25, -0.2) is 0 Å². The molecule has 2 aromatic rings. The molecule has 20 heavy (non-hydrogen) atoms. The molecule has 0 atom stereocenters. The molecule has 3 heteroatoms. The number of carbonyl (C=O) groups excluding carboxylic acids is 1. The smallest absolute Gasteiger partial charge is 0.189 e. The zero-order valence-electron chi connectivity index (χ0n) is 11.6. The molecule has 0 saturated carbocycles. The van der Waals surface area contributed by atoms with Gasteiger partial charge in [0.1, 0.15) is 5.82 Å². The third-order valence-electron chi connectivity index (χ3n) is 3.69. The van der Waals surface area contributed by atoms with Crippen molar-refractivity contribution in [3.63, 3.8) is 0 Å². The number of nitrogens with one attached hydrogen (secondary N) is 1. The van der Waals surface area contributed by atoms with Crippen molar-refractivity contribution in [3.8, 4) is 0 Å². The van der Waals surface area contributed by atoms with E-state index in [1.165, 1.54) is 0 Å². The first-order chi connectivity index (χ1) is 9.74. The Hall–Kier alpha value is -2.29. The van der Waals surface area contributed by atoms with Gasteiger partial charge in [0.2, 0.25) is 0 Å². The molecule has 3 rings (SSSR count). The summed E-state index contributed by atoms with van der Waals surface area (Å²) < 4.78 is 0. The summed E-state index contributed by atoms with van der Waals surface area (Å²) in [4.78, 5) is 14.4. The molecule has 0 amide bonds. The molecule has 0 bridgehead atoms. The van der Waals surface area contributed by atoms with Crippen molar-refractivity contribution in [1.29, 1.82) is 0 Å². The zero-order valence-corrected chi connectivity index (χ0v) is 11.6. The maximum absolute atomic E-state index is 12.4. The van der Waals surface area contributed by atoms with E-state index >= 15 is 0 Å². The van der Waals surface area contributed by atoms with Gasteiger partial charge in [-0.1, -0.05) is 36.4 Å². The summed E-state index contributed by atoms with van der Waals surface area (Å²) in [6.07, 6.45) is 2.81. The minimum Gasteiger partial charge on any atom is -0.372 e.